The molecule has 0 atom stereocenters. The van der Waals surface area contributed by atoms with Crippen molar-refractivity contribution in [1.29, 1.82) is 0 Å². The van der Waals surface area contributed by atoms with E-state index in [-0.39, 0.29) is 11.7 Å². The molecule has 0 saturated carbocycles. The smallest absolute Gasteiger partial charge is 0.270 e. The van der Waals surface area contributed by atoms with Crippen molar-refractivity contribution in [3.63, 3.8) is 0 Å². The predicted molar refractivity (Wildman–Crippen MR) is 97.9 cm³/mol. The lowest BCUT2D eigenvalue weighted by Gasteiger charge is -2.11. The maximum absolute atomic E-state index is 13.2. The molecule has 4 nitrogen and oxygen atoms in total. The molecule has 0 aliphatic rings. The number of carbonyl (C=O) groups excluding carboxylic acids is 1. The molecule has 3 aromatic rings. The zero-order chi connectivity index (χ0) is 17.8. The van der Waals surface area contributed by atoms with E-state index in [4.69, 9.17) is 11.6 Å². The van der Waals surface area contributed by atoms with E-state index in [1.54, 1.807) is 28.8 Å². The van der Waals surface area contributed by atoms with Gasteiger partial charge < -0.3 is 5.32 Å². The Morgan fingerprint density at radius 1 is 1.28 bits per heavy atom. The Bertz CT molecular complexity index is 896. The van der Waals surface area contributed by atoms with Gasteiger partial charge in [0.2, 0.25) is 0 Å². The third kappa shape index (κ3) is 4.03. The van der Waals surface area contributed by atoms with Crippen molar-refractivity contribution < 1.29 is 9.18 Å². The molecule has 1 N–H and O–H groups in total. The van der Waals surface area contributed by atoms with Crippen LogP contribution in [-0.2, 0) is 6.54 Å². The number of amides is 1. The normalized spacial score (nSPS) is 10.7. The Labute approximate surface area is 154 Å². The first kappa shape index (κ1) is 17.5. The highest BCUT2D eigenvalue weighted by Crippen LogP contribution is 2.22. The lowest BCUT2D eigenvalue weighted by molar-refractivity contribution is 0.0943. The second-order valence-electron chi connectivity index (χ2n) is 5.25. The summed E-state index contributed by atoms with van der Waals surface area (Å²) >= 11 is 7.37. The van der Waals surface area contributed by atoms with Gasteiger partial charge in [0.05, 0.1) is 6.20 Å². The number of halogens is 2. The SMILES string of the molecule is CSc1ncc(C(=O)NCc2cccc(Cl)c2)n1-c1ccc(F)cc1. The van der Waals surface area contributed by atoms with E-state index in [2.05, 4.69) is 10.3 Å². The summed E-state index contributed by atoms with van der Waals surface area (Å²) in [7, 11) is 0. The van der Waals surface area contributed by atoms with Gasteiger partial charge in [0.25, 0.3) is 5.91 Å². The summed E-state index contributed by atoms with van der Waals surface area (Å²) in [6, 6.07) is 13.2. The summed E-state index contributed by atoms with van der Waals surface area (Å²) in [5.74, 6) is -0.598. The van der Waals surface area contributed by atoms with Crippen LogP contribution < -0.4 is 5.32 Å². The number of carbonyl (C=O) groups is 1. The molecule has 0 aliphatic heterocycles. The number of nitrogens with one attached hydrogen (secondary N) is 1. The minimum atomic E-state index is -0.332. The summed E-state index contributed by atoms with van der Waals surface area (Å²) in [4.78, 5) is 16.9. The lowest BCUT2D eigenvalue weighted by atomic mass is 10.2. The van der Waals surface area contributed by atoms with Crippen LogP contribution in [0, 0.1) is 5.82 Å². The molecule has 0 fully saturated rings. The van der Waals surface area contributed by atoms with E-state index in [0.717, 1.165) is 5.56 Å². The topological polar surface area (TPSA) is 46.9 Å². The molecule has 1 aromatic heterocycles. The highest BCUT2D eigenvalue weighted by atomic mass is 35.5. The van der Waals surface area contributed by atoms with Gasteiger partial charge in [0, 0.05) is 17.3 Å². The third-order valence-corrected chi connectivity index (χ3v) is 4.46. The molecule has 1 heterocycles. The number of hydrogen-bond acceptors (Lipinski definition) is 3. The minimum Gasteiger partial charge on any atom is -0.347 e. The summed E-state index contributed by atoms with van der Waals surface area (Å²) in [6.07, 6.45) is 3.39. The van der Waals surface area contributed by atoms with Gasteiger partial charge in [-0.25, -0.2) is 9.37 Å². The van der Waals surface area contributed by atoms with Gasteiger partial charge in [0.15, 0.2) is 5.16 Å². The van der Waals surface area contributed by atoms with Gasteiger partial charge in [0.1, 0.15) is 11.5 Å². The molecule has 3 rings (SSSR count). The Morgan fingerprint density at radius 2 is 2.04 bits per heavy atom. The second kappa shape index (κ2) is 7.72. The molecule has 7 heteroatoms. The number of aromatic nitrogens is 2. The second-order valence-corrected chi connectivity index (χ2v) is 6.46. The molecule has 2 aromatic carbocycles. The van der Waals surface area contributed by atoms with Gasteiger partial charge >= 0.3 is 0 Å². The fourth-order valence-corrected chi connectivity index (χ4v) is 3.16. The molecule has 0 spiro atoms. The Hall–Kier alpha value is -2.31. The summed E-state index contributed by atoms with van der Waals surface area (Å²) in [5.41, 5.74) is 1.97. The van der Waals surface area contributed by atoms with Gasteiger partial charge in [-0.05, 0) is 48.2 Å². The number of rotatable bonds is 5. The monoisotopic (exact) mass is 375 g/mol. The molecule has 0 radical (unpaired) electrons. The standard InChI is InChI=1S/C18H15ClFN3OS/c1-25-18-22-11-16(23(18)15-7-5-14(20)6-8-15)17(24)21-10-12-3-2-4-13(19)9-12/h2-9,11H,10H2,1H3,(H,21,24). The Balaban J connectivity index is 1.85. The van der Waals surface area contributed by atoms with Crippen molar-refractivity contribution in [1.82, 2.24) is 14.9 Å². The van der Waals surface area contributed by atoms with E-state index in [1.807, 2.05) is 18.4 Å². The number of thioether (sulfide) groups is 1. The third-order valence-electron chi connectivity index (χ3n) is 3.57. The highest BCUT2D eigenvalue weighted by Gasteiger charge is 2.17. The Morgan fingerprint density at radius 3 is 2.72 bits per heavy atom. The van der Waals surface area contributed by atoms with Crippen LogP contribution in [0.3, 0.4) is 0 Å². The highest BCUT2D eigenvalue weighted by molar-refractivity contribution is 7.98. The number of nitrogens with zero attached hydrogens (tertiary/aromatic N) is 2. The number of hydrogen-bond donors (Lipinski definition) is 1. The van der Waals surface area contributed by atoms with Crippen molar-refractivity contribution in [2.24, 2.45) is 0 Å². The molecule has 25 heavy (non-hydrogen) atoms. The van der Waals surface area contributed by atoms with Crippen LogP contribution in [0.4, 0.5) is 4.39 Å². The van der Waals surface area contributed by atoms with Gasteiger partial charge in [-0.1, -0.05) is 35.5 Å². The molecule has 128 valence electrons. The molecular weight excluding hydrogens is 361 g/mol. The quantitative estimate of drug-likeness (QED) is 0.676. The van der Waals surface area contributed by atoms with Crippen LogP contribution in [0.2, 0.25) is 5.02 Å². The summed E-state index contributed by atoms with van der Waals surface area (Å²) in [6.45, 7) is 0.350. The van der Waals surface area contributed by atoms with Crippen LogP contribution in [0.25, 0.3) is 5.69 Å². The van der Waals surface area contributed by atoms with Gasteiger partial charge in [-0.2, -0.15) is 0 Å². The zero-order valence-corrected chi connectivity index (χ0v) is 14.9. The summed E-state index contributed by atoms with van der Waals surface area (Å²) < 4.78 is 14.9. The largest absolute Gasteiger partial charge is 0.347 e. The zero-order valence-electron chi connectivity index (χ0n) is 13.4. The van der Waals surface area contributed by atoms with Gasteiger partial charge in [-0.3, -0.25) is 9.36 Å². The molecule has 0 saturated heterocycles. The Kier molecular flexibility index (Phi) is 5.40. The fraction of sp³-hybridized carbons (Fsp3) is 0.111. The molecular formula is C18H15ClFN3OS. The van der Waals surface area contributed by atoms with E-state index in [1.165, 1.54) is 30.1 Å². The average molecular weight is 376 g/mol. The molecule has 0 bridgehead atoms. The van der Waals surface area contributed by atoms with Crippen LogP contribution in [0.1, 0.15) is 16.1 Å². The number of benzene rings is 2. The van der Waals surface area contributed by atoms with Crippen LogP contribution >= 0.6 is 23.4 Å². The van der Waals surface area contributed by atoms with Crippen LogP contribution in [0.15, 0.2) is 59.9 Å². The maximum atomic E-state index is 13.2. The van der Waals surface area contributed by atoms with Crippen molar-refractivity contribution in [3.05, 3.63) is 76.8 Å². The van der Waals surface area contributed by atoms with Gasteiger partial charge in [-0.15, -0.1) is 0 Å². The first-order valence-corrected chi connectivity index (χ1v) is 9.09. The van der Waals surface area contributed by atoms with Crippen molar-refractivity contribution in [2.45, 2.75) is 11.7 Å². The van der Waals surface area contributed by atoms with E-state index in [0.29, 0.717) is 28.1 Å². The van der Waals surface area contributed by atoms with E-state index < -0.39 is 0 Å². The first-order valence-electron chi connectivity index (χ1n) is 7.49. The first-order chi connectivity index (χ1) is 12.1. The maximum Gasteiger partial charge on any atom is 0.270 e. The van der Waals surface area contributed by atoms with Crippen molar-refractivity contribution in [2.75, 3.05) is 6.26 Å². The van der Waals surface area contributed by atoms with E-state index in [9.17, 15) is 9.18 Å². The number of imidazole rings is 1. The molecule has 1 amide bonds. The van der Waals surface area contributed by atoms with E-state index >= 15 is 0 Å². The predicted octanol–water partition coefficient (Wildman–Crippen LogP) is 4.32. The minimum absolute atomic E-state index is 0.267. The van der Waals surface area contributed by atoms with Crippen LogP contribution in [-0.4, -0.2) is 21.7 Å². The van der Waals surface area contributed by atoms with Crippen molar-refractivity contribution >= 4 is 29.3 Å². The molecule has 0 aliphatic carbocycles. The fourth-order valence-electron chi connectivity index (χ4n) is 2.40. The average Bonchev–Trinajstić information content (AvgIpc) is 3.04. The van der Waals surface area contributed by atoms with Crippen LogP contribution in [0.5, 0.6) is 0 Å². The van der Waals surface area contributed by atoms with Crippen molar-refractivity contribution in [3.8, 4) is 5.69 Å². The summed E-state index contributed by atoms with van der Waals surface area (Å²) in [5, 5.41) is 4.13. The lowest BCUT2D eigenvalue weighted by Crippen LogP contribution is -2.25. The molecule has 0 unspecified atom stereocenters.